The second kappa shape index (κ2) is 9.53. The van der Waals surface area contributed by atoms with Crippen molar-refractivity contribution in [2.24, 2.45) is 5.92 Å². The smallest absolute Gasteiger partial charge is 0.371 e. The SMILES string of the molecule is O=C(Nc1cccc(C(F)(F)F)c1)N[C@H]1CO[C@H]2[C@@H]1OC[C@@H]2n1cc(CC2CCCCC2)nn1. The van der Waals surface area contributed by atoms with Crippen LogP contribution in [0.3, 0.4) is 0 Å². The standard InChI is InChI=1S/C23H28F3N5O3/c24-23(25,26)15-7-4-8-16(10-15)27-22(32)28-18-12-33-21-19(13-34-20(18)21)31-11-17(29-30-31)9-14-5-2-1-3-6-14/h4,7-8,10-11,14,18-21H,1-3,5-6,9,12-13H2,(H2,27,28,32)/t18-,19-,20+,21+/m0/s1. The molecule has 1 aromatic heterocycles. The maximum atomic E-state index is 12.9. The van der Waals surface area contributed by atoms with Crippen molar-refractivity contribution in [3.63, 3.8) is 0 Å². The summed E-state index contributed by atoms with van der Waals surface area (Å²) in [6.07, 6.45) is 4.11. The summed E-state index contributed by atoms with van der Waals surface area (Å²) in [5.74, 6) is 0.665. The van der Waals surface area contributed by atoms with E-state index in [-0.39, 0.29) is 30.5 Å². The van der Waals surface area contributed by atoms with Gasteiger partial charge in [0.1, 0.15) is 18.2 Å². The number of aromatic nitrogens is 3. The first kappa shape index (κ1) is 23.1. The third kappa shape index (κ3) is 5.05. The van der Waals surface area contributed by atoms with Crippen LogP contribution < -0.4 is 10.6 Å². The number of alkyl halides is 3. The Morgan fingerprint density at radius 2 is 1.91 bits per heavy atom. The quantitative estimate of drug-likeness (QED) is 0.678. The molecule has 184 valence electrons. The third-order valence-corrected chi connectivity index (χ3v) is 6.91. The van der Waals surface area contributed by atoms with E-state index in [1.807, 2.05) is 6.20 Å². The number of anilines is 1. The molecule has 34 heavy (non-hydrogen) atoms. The number of hydrogen-bond donors (Lipinski definition) is 2. The van der Waals surface area contributed by atoms with E-state index in [0.717, 1.165) is 24.2 Å². The van der Waals surface area contributed by atoms with E-state index in [2.05, 4.69) is 20.9 Å². The van der Waals surface area contributed by atoms with Crippen LogP contribution in [0, 0.1) is 5.92 Å². The molecule has 1 aliphatic carbocycles. The fraction of sp³-hybridized carbons (Fsp3) is 0.609. The minimum Gasteiger partial charge on any atom is -0.371 e. The number of nitrogens with zero attached hydrogens (tertiary/aromatic N) is 3. The molecule has 3 fully saturated rings. The number of hydrogen-bond acceptors (Lipinski definition) is 5. The number of fused-ring (bicyclic) bond motifs is 1. The van der Waals surface area contributed by atoms with Crippen LogP contribution in [0.1, 0.15) is 49.4 Å². The van der Waals surface area contributed by atoms with Gasteiger partial charge in [0, 0.05) is 11.9 Å². The molecule has 5 rings (SSSR count). The Labute approximate surface area is 195 Å². The number of amides is 2. The van der Waals surface area contributed by atoms with Crippen LogP contribution >= 0.6 is 0 Å². The van der Waals surface area contributed by atoms with Crippen LogP contribution in [0.2, 0.25) is 0 Å². The molecular formula is C23H28F3N5O3. The summed E-state index contributed by atoms with van der Waals surface area (Å²) in [5.41, 5.74) is 0.205. The van der Waals surface area contributed by atoms with Crippen molar-refractivity contribution in [2.45, 2.75) is 69.0 Å². The van der Waals surface area contributed by atoms with E-state index in [1.165, 1.54) is 44.2 Å². The summed E-state index contributed by atoms with van der Waals surface area (Å²) in [7, 11) is 0. The van der Waals surface area contributed by atoms with Gasteiger partial charge >= 0.3 is 12.2 Å². The lowest BCUT2D eigenvalue weighted by Gasteiger charge is -2.20. The lowest BCUT2D eigenvalue weighted by molar-refractivity contribution is -0.137. The Morgan fingerprint density at radius 1 is 1.12 bits per heavy atom. The lowest BCUT2D eigenvalue weighted by atomic mass is 9.86. The van der Waals surface area contributed by atoms with Crippen molar-refractivity contribution in [2.75, 3.05) is 18.5 Å². The first-order chi connectivity index (χ1) is 16.4. The molecule has 2 aromatic rings. The van der Waals surface area contributed by atoms with Crippen molar-refractivity contribution in [1.82, 2.24) is 20.3 Å². The minimum absolute atomic E-state index is 0.0566. The van der Waals surface area contributed by atoms with Crippen LogP contribution in [0.4, 0.5) is 23.7 Å². The molecule has 1 aromatic carbocycles. The van der Waals surface area contributed by atoms with E-state index in [1.54, 1.807) is 4.68 Å². The Hall–Kier alpha value is -2.66. The van der Waals surface area contributed by atoms with E-state index in [9.17, 15) is 18.0 Å². The Morgan fingerprint density at radius 3 is 2.71 bits per heavy atom. The summed E-state index contributed by atoms with van der Waals surface area (Å²) < 4.78 is 52.4. The number of urea groups is 1. The topological polar surface area (TPSA) is 90.3 Å². The Bertz CT molecular complexity index is 1010. The van der Waals surface area contributed by atoms with Gasteiger partial charge in [0.15, 0.2) is 0 Å². The minimum atomic E-state index is -4.48. The zero-order valence-corrected chi connectivity index (χ0v) is 18.6. The zero-order valence-electron chi connectivity index (χ0n) is 18.6. The maximum absolute atomic E-state index is 12.9. The number of rotatable bonds is 5. The molecule has 1 saturated carbocycles. The second-order valence-corrected chi connectivity index (χ2v) is 9.34. The molecule has 3 heterocycles. The molecule has 3 aliphatic rings. The summed E-state index contributed by atoms with van der Waals surface area (Å²) >= 11 is 0. The Kier molecular flexibility index (Phi) is 6.48. The number of benzene rings is 1. The average Bonchev–Trinajstić information content (AvgIpc) is 3.52. The molecule has 0 radical (unpaired) electrons. The largest absolute Gasteiger partial charge is 0.416 e. The third-order valence-electron chi connectivity index (χ3n) is 6.91. The van der Waals surface area contributed by atoms with Crippen LogP contribution in [-0.2, 0) is 22.1 Å². The van der Waals surface area contributed by atoms with Crippen LogP contribution in [0.15, 0.2) is 30.5 Å². The second-order valence-electron chi connectivity index (χ2n) is 9.34. The van der Waals surface area contributed by atoms with Gasteiger partial charge in [-0.3, -0.25) is 0 Å². The molecule has 4 atom stereocenters. The summed E-state index contributed by atoms with van der Waals surface area (Å²) in [5, 5.41) is 13.9. The number of halogens is 3. The van der Waals surface area contributed by atoms with Crippen molar-refractivity contribution in [3.8, 4) is 0 Å². The molecule has 0 unspecified atom stereocenters. The first-order valence-electron chi connectivity index (χ1n) is 11.8. The molecule has 0 bridgehead atoms. The molecule has 11 heteroatoms. The molecule has 0 spiro atoms. The fourth-order valence-electron chi connectivity index (χ4n) is 5.19. The average molecular weight is 480 g/mol. The van der Waals surface area contributed by atoms with Gasteiger partial charge in [-0.1, -0.05) is 43.4 Å². The van der Waals surface area contributed by atoms with E-state index < -0.39 is 23.8 Å². The van der Waals surface area contributed by atoms with Crippen molar-refractivity contribution in [1.29, 1.82) is 0 Å². The van der Waals surface area contributed by atoms with Crippen LogP contribution in [0.25, 0.3) is 0 Å². The highest BCUT2D eigenvalue weighted by Crippen LogP contribution is 2.35. The lowest BCUT2D eigenvalue weighted by Crippen LogP contribution is -2.45. The highest BCUT2D eigenvalue weighted by atomic mass is 19.4. The molecule has 2 saturated heterocycles. The van der Waals surface area contributed by atoms with Crippen molar-refractivity contribution < 1.29 is 27.4 Å². The van der Waals surface area contributed by atoms with Gasteiger partial charge in [0.2, 0.25) is 0 Å². The number of nitrogens with one attached hydrogen (secondary N) is 2. The normalized spacial score (nSPS) is 27.5. The van der Waals surface area contributed by atoms with Crippen molar-refractivity contribution >= 4 is 11.7 Å². The van der Waals surface area contributed by atoms with Crippen LogP contribution in [-0.4, -0.2) is 52.5 Å². The summed E-state index contributed by atoms with van der Waals surface area (Å²) in [6.45, 7) is 0.625. The molecule has 2 amide bonds. The first-order valence-corrected chi connectivity index (χ1v) is 11.8. The monoisotopic (exact) mass is 479 g/mol. The van der Waals surface area contributed by atoms with E-state index in [0.29, 0.717) is 12.5 Å². The fourth-order valence-corrected chi connectivity index (χ4v) is 5.19. The predicted molar refractivity (Wildman–Crippen MR) is 116 cm³/mol. The van der Waals surface area contributed by atoms with Crippen molar-refractivity contribution in [3.05, 3.63) is 41.7 Å². The summed E-state index contributed by atoms with van der Waals surface area (Å²) in [4.78, 5) is 12.4. The Balaban J connectivity index is 1.16. The van der Waals surface area contributed by atoms with Gasteiger partial charge in [-0.25, -0.2) is 9.48 Å². The van der Waals surface area contributed by atoms with Gasteiger partial charge in [-0.2, -0.15) is 13.2 Å². The summed E-state index contributed by atoms with van der Waals surface area (Å²) in [6, 6.07) is 3.32. The highest BCUT2D eigenvalue weighted by molar-refractivity contribution is 5.89. The molecular weight excluding hydrogens is 451 g/mol. The maximum Gasteiger partial charge on any atom is 0.416 e. The van der Waals surface area contributed by atoms with Gasteiger partial charge in [0.05, 0.1) is 30.5 Å². The van der Waals surface area contributed by atoms with E-state index in [4.69, 9.17) is 9.47 Å². The molecule has 8 nitrogen and oxygen atoms in total. The van der Waals surface area contributed by atoms with Crippen LogP contribution in [0.5, 0.6) is 0 Å². The van der Waals surface area contributed by atoms with Gasteiger partial charge in [-0.15, -0.1) is 5.10 Å². The predicted octanol–water partition coefficient (Wildman–Crippen LogP) is 3.95. The molecule has 2 aliphatic heterocycles. The molecule has 2 N–H and O–H groups in total. The zero-order chi connectivity index (χ0) is 23.7. The van der Waals surface area contributed by atoms with Gasteiger partial charge in [0.25, 0.3) is 0 Å². The highest BCUT2D eigenvalue weighted by Gasteiger charge is 2.49. The number of carbonyl (C=O) groups is 1. The number of ether oxygens (including phenoxy) is 2. The van der Waals surface area contributed by atoms with Gasteiger partial charge in [-0.05, 0) is 30.5 Å². The van der Waals surface area contributed by atoms with Gasteiger partial charge < -0.3 is 20.1 Å². The van der Waals surface area contributed by atoms with E-state index >= 15 is 0 Å². The number of carbonyl (C=O) groups excluding carboxylic acids is 1.